The summed E-state index contributed by atoms with van der Waals surface area (Å²) in [5.74, 6) is 0.691. The van der Waals surface area contributed by atoms with Crippen molar-refractivity contribution in [1.82, 2.24) is 4.98 Å². The number of nitrogens with two attached hydrogens (primary N) is 1. The van der Waals surface area contributed by atoms with Gasteiger partial charge in [0.2, 0.25) is 0 Å². The third-order valence-corrected chi connectivity index (χ3v) is 2.39. The number of benzene rings is 1. The predicted molar refractivity (Wildman–Crippen MR) is 56.0 cm³/mol. The summed E-state index contributed by atoms with van der Waals surface area (Å²) in [6.07, 6.45) is 0.902. The minimum Gasteiger partial charge on any atom is -0.441 e. The minimum absolute atomic E-state index is 0.0334. The molecule has 2 N–H and O–H groups in total. The lowest BCUT2D eigenvalue weighted by Crippen LogP contribution is -2.08. The zero-order valence-electron chi connectivity index (χ0n) is 8.45. The minimum atomic E-state index is 0.0334. The van der Waals surface area contributed by atoms with Gasteiger partial charge >= 0.3 is 0 Å². The van der Waals surface area contributed by atoms with Gasteiger partial charge in [-0.25, -0.2) is 4.98 Å². The number of hydrogen-bond acceptors (Lipinski definition) is 3. The molecule has 3 heteroatoms. The second-order valence-corrected chi connectivity index (χ2v) is 3.44. The van der Waals surface area contributed by atoms with Crippen molar-refractivity contribution in [1.29, 1.82) is 0 Å². The van der Waals surface area contributed by atoms with Gasteiger partial charge in [-0.15, -0.1) is 0 Å². The molecule has 1 heterocycles. The molecule has 1 aromatic heterocycles. The molecule has 2 rings (SSSR count). The topological polar surface area (TPSA) is 52.0 Å². The predicted octanol–water partition coefficient (Wildman–Crippen LogP) is 2.55. The number of aryl methyl sites for hydroxylation is 1. The number of fused-ring (bicyclic) bond motifs is 1. The molecule has 0 saturated carbocycles. The summed E-state index contributed by atoms with van der Waals surface area (Å²) in [5, 5.41) is 0. The van der Waals surface area contributed by atoms with Crippen molar-refractivity contribution >= 4 is 11.1 Å². The number of hydrogen-bond donors (Lipinski definition) is 1. The Morgan fingerprint density at radius 1 is 1.50 bits per heavy atom. The Morgan fingerprint density at radius 3 is 3.00 bits per heavy atom. The number of rotatable bonds is 2. The van der Waals surface area contributed by atoms with Crippen LogP contribution in [0.2, 0.25) is 0 Å². The molecule has 2 aromatic rings. The van der Waals surface area contributed by atoms with E-state index in [0.29, 0.717) is 5.89 Å². The van der Waals surface area contributed by atoms with E-state index in [2.05, 4.69) is 11.9 Å². The number of aromatic nitrogens is 1. The second kappa shape index (κ2) is 3.42. The van der Waals surface area contributed by atoms with Gasteiger partial charge in [-0.3, -0.25) is 0 Å². The van der Waals surface area contributed by atoms with Gasteiger partial charge in [0.1, 0.15) is 5.52 Å². The average molecular weight is 190 g/mol. The lowest BCUT2D eigenvalue weighted by atomic mass is 10.0. The largest absolute Gasteiger partial charge is 0.441 e. The first kappa shape index (κ1) is 9.21. The first-order valence-electron chi connectivity index (χ1n) is 4.84. The molecule has 0 aliphatic heterocycles. The summed E-state index contributed by atoms with van der Waals surface area (Å²) in [6, 6.07) is 5.94. The molecule has 0 amide bonds. The van der Waals surface area contributed by atoms with Gasteiger partial charge in [-0.1, -0.05) is 19.1 Å². The first-order chi connectivity index (χ1) is 6.72. The van der Waals surface area contributed by atoms with Gasteiger partial charge in [-0.05, 0) is 12.5 Å². The number of nitrogens with zero attached hydrogens (tertiary/aromatic N) is 1. The summed E-state index contributed by atoms with van der Waals surface area (Å²) >= 11 is 0. The molecule has 0 aliphatic carbocycles. The van der Waals surface area contributed by atoms with E-state index in [1.807, 2.05) is 25.1 Å². The fourth-order valence-corrected chi connectivity index (χ4v) is 1.59. The fourth-order valence-electron chi connectivity index (χ4n) is 1.59. The van der Waals surface area contributed by atoms with Crippen molar-refractivity contribution in [2.24, 2.45) is 5.73 Å². The standard InChI is InChI=1S/C11H14N2O/c1-3-9(12)8-5-4-6-10-11(8)14-7(2)13-10/h4-6,9H,3,12H2,1-2H3. The second-order valence-electron chi connectivity index (χ2n) is 3.44. The molecule has 14 heavy (non-hydrogen) atoms. The van der Waals surface area contributed by atoms with Gasteiger partial charge < -0.3 is 10.2 Å². The maximum Gasteiger partial charge on any atom is 0.192 e. The fraction of sp³-hybridized carbons (Fsp3) is 0.364. The monoisotopic (exact) mass is 190 g/mol. The van der Waals surface area contributed by atoms with Gasteiger partial charge in [0.05, 0.1) is 0 Å². The highest BCUT2D eigenvalue weighted by Crippen LogP contribution is 2.25. The van der Waals surface area contributed by atoms with Gasteiger partial charge in [0.25, 0.3) is 0 Å². The Kier molecular flexibility index (Phi) is 2.25. The molecule has 1 unspecified atom stereocenters. The van der Waals surface area contributed by atoms with E-state index in [0.717, 1.165) is 23.1 Å². The van der Waals surface area contributed by atoms with Gasteiger partial charge in [-0.2, -0.15) is 0 Å². The van der Waals surface area contributed by atoms with Crippen LogP contribution in [0.4, 0.5) is 0 Å². The summed E-state index contributed by atoms with van der Waals surface area (Å²) < 4.78 is 5.53. The smallest absolute Gasteiger partial charge is 0.192 e. The molecule has 0 saturated heterocycles. The Bertz CT molecular complexity index is 447. The molecule has 74 valence electrons. The Hall–Kier alpha value is -1.35. The van der Waals surface area contributed by atoms with E-state index in [9.17, 15) is 0 Å². The third kappa shape index (κ3) is 1.40. The van der Waals surface area contributed by atoms with Crippen LogP contribution < -0.4 is 5.73 Å². The highest BCUT2D eigenvalue weighted by Gasteiger charge is 2.11. The number of para-hydroxylation sites is 1. The average Bonchev–Trinajstić information content (AvgIpc) is 2.56. The van der Waals surface area contributed by atoms with E-state index in [4.69, 9.17) is 10.2 Å². The van der Waals surface area contributed by atoms with Crippen LogP contribution in [-0.4, -0.2) is 4.98 Å². The molecule has 0 radical (unpaired) electrons. The van der Waals surface area contributed by atoms with Crippen LogP contribution in [0.3, 0.4) is 0 Å². The quantitative estimate of drug-likeness (QED) is 0.791. The van der Waals surface area contributed by atoms with Crippen molar-refractivity contribution in [2.45, 2.75) is 26.3 Å². The molecule has 1 aromatic carbocycles. The van der Waals surface area contributed by atoms with Crippen molar-refractivity contribution in [3.8, 4) is 0 Å². The van der Waals surface area contributed by atoms with Crippen LogP contribution in [-0.2, 0) is 0 Å². The molecule has 3 nitrogen and oxygen atoms in total. The summed E-state index contributed by atoms with van der Waals surface area (Å²) in [7, 11) is 0. The molecule has 0 aliphatic rings. The normalized spacial score (nSPS) is 13.4. The Labute approximate surface area is 82.9 Å². The van der Waals surface area contributed by atoms with Crippen LogP contribution in [0, 0.1) is 6.92 Å². The molecule has 1 atom stereocenters. The zero-order valence-corrected chi connectivity index (χ0v) is 8.45. The maximum absolute atomic E-state index is 5.98. The number of oxazole rings is 1. The van der Waals surface area contributed by atoms with E-state index in [-0.39, 0.29) is 6.04 Å². The van der Waals surface area contributed by atoms with E-state index >= 15 is 0 Å². The highest BCUT2D eigenvalue weighted by atomic mass is 16.3. The summed E-state index contributed by atoms with van der Waals surface area (Å²) in [4.78, 5) is 4.27. The van der Waals surface area contributed by atoms with Crippen molar-refractivity contribution in [3.63, 3.8) is 0 Å². The Balaban J connectivity index is 2.64. The van der Waals surface area contributed by atoms with E-state index < -0.39 is 0 Å². The van der Waals surface area contributed by atoms with Crippen LogP contribution in [0.25, 0.3) is 11.1 Å². The highest BCUT2D eigenvalue weighted by molar-refractivity contribution is 5.76. The molecule has 0 spiro atoms. The first-order valence-corrected chi connectivity index (χ1v) is 4.84. The van der Waals surface area contributed by atoms with Crippen LogP contribution in [0.15, 0.2) is 22.6 Å². The van der Waals surface area contributed by atoms with Crippen LogP contribution in [0.5, 0.6) is 0 Å². The van der Waals surface area contributed by atoms with E-state index in [1.54, 1.807) is 0 Å². The van der Waals surface area contributed by atoms with Crippen molar-refractivity contribution in [3.05, 3.63) is 29.7 Å². The van der Waals surface area contributed by atoms with Gasteiger partial charge in [0.15, 0.2) is 11.5 Å². The van der Waals surface area contributed by atoms with Crippen molar-refractivity contribution in [2.75, 3.05) is 0 Å². The Morgan fingerprint density at radius 2 is 2.29 bits per heavy atom. The molecular weight excluding hydrogens is 176 g/mol. The lowest BCUT2D eigenvalue weighted by Gasteiger charge is -2.08. The molecule has 0 fully saturated rings. The lowest BCUT2D eigenvalue weighted by molar-refractivity contribution is 0.551. The maximum atomic E-state index is 5.98. The van der Waals surface area contributed by atoms with Gasteiger partial charge in [0, 0.05) is 18.5 Å². The zero-order chi connectivity index (χ0) is 10.1. The van der Waals surface area contributed by atoms with Crippen LogP contribution in [0.1, 0.15) is 30.8 Å². The van der Waals surface area contributed by atoms with Crippen molar-refractivity contribution < 1.29 is 4.42 Å². The summed E-state index contributed by atoms with van der Waals surface area (Å²) in [6.45, 7) is 3.91. The molecule has 0 bridgehead atoms. The SMILES string of the molecule is CCC(N)c1cccc2nc(C)oc12. The van der Waals surface area contributed by atoms with Crippen LogP contribution >= 0.6 is 0 Å². The third-order valence-electron chi connectivity index (χ3n) is 2.39. The molecular formula is C11H14N2O. The summed E-state index contributed by atoms with van der Waals surface area (Å²) in [5.41, 5.74) is 8.75. The van der Waals surface area contributed by atoms with E-state index in [1.165, 1.54) is 0 Å².